The molecular formula is C10H5ClO3. The van der Waals surface area contributed by atoms with Crippen LogP contribution in [0.3, 0.4) is 0 Å². The van der Waals surface area contributed by atoms with Gasteiger partial charge in [-0.1, -0.05) is 23.7 Å². The third-order valence-electron chi connectivity index (χ3n) is 1.87. The summed E-state index contributed by atoms with van der Waals surface area (Å²) >= 11 is 5.68. The Balaban J connectivity index is 2.37. The largest absolute Gasteiger partial charge is 0.428 e. The van der Waals surface area contributed by atoms with Crippen LogP contribution < -0.4 is 0 Å². The van der Waals surface area contributed by atoms with Crippen LogP contribution in [-0.4, -0.2) is 11.8 Å². The number of ether oxygens (including phenoxy) is 1. The molecule has 0 aliphatic carbocycles. The maximum atomic E-state index is 11.2. The number of hydrogen-bond acceptors (Lipinski definition) is 3. The number of hydrogen-bond donors (Lipinski definition) is 0. The Labute approximate surface area is 84.9 Å². The molecule has 1 aromatic rings. The Morgan fingerprint density at radius 3 is 2.21 bits per heavy atom. The van der Waals surface area contributed by atoms with Gasteiger partial charge in [0.05, 0.1) is 5.57 Å². The molecule has 0 unspecified atom stereocenters. The van der Waals surface area contributed by atoms with E-state index in [1.54, 1.807) is 24.3 Å². The van der Waals surface area contributed by atoms with E-state index >= 15 is 0 Å². The van der Waals surface area contributed by atoms with Gasteiger partial charge < -0.3 is 4.74 Å². The Kier molecular flexibility index (Phi) is 2.09. The standard InChI is InChI=1S/C10H5ClO3/c11-7-3-1-6(2-4-7)8-5-14-10(13)9(8)12/h1-5H. The highest BCUT2D eigenvalue weighted by molar-refractivity contribution is 6.53. The fourth-order valence-corrected chi connectivity index (χ4v) is 1.28. The van der Waals surface area contributed by atoms with E-state index < -0.39 is 11.8 Å². The van der Waals surface area contributed by atoms with Crippen LogP contribution in [0.2, 0.25) is 5.02 Å². The Morgan fingerprint density at radius 1 is 1.07 bits per heavy atom. The number of carbonyl (C=O) groups excluding carboxylic acids is 2. The van der Waals surface area contributed by atoms with Gasteiger partial charge in [-0.15, -0.1) is 0 Å². The van der Waals surface area contributed by atoms with Gasteiger partial charge in [-0.3, -0.25) is 4.79 Å². The molecule has 0 radical (unpaired) electrons. The summed E-state index contributed by atoms with van der Waals surface area (Å²) < 4.78 is 4.48. The van der Waals surface area contributed by atoms with Gasteiger partial charge in [0.1, 0.15) is 6.26 Å². The van der Waals surface area contributed by atoms with Crippen molar-refractivity contribution in [2.45, 2.75) is 0 Å². The van der Waals surface area contributed by atoms with E-state index in [2.05, 4.69) is 4.74 Å². The fourth-order valence-electron chi connectivity index (χ4n) is 1.16. The lowest BCUT2D eigenvalue weighted by Gasteiger charge is -1.97. The molecule has 3 nitrogen and oxygen atoms in total. The molecule has 14 heavy (non-hydrogen) atoms. The molecular weight excluding hydrogens is 204 g/mol. The van der Waals surface area contributed by atoms with Gasteiger partial charge in [-0.25, -0.2) is 4.79 Å². The van der Waals surface area contributed by atoms with Gasteiger partial charge in [0.15, 0.2) is 0 Å². The second-order valence-corrected chi connectivity index (χ2v) is 3.21. The number of rotatable bonds is 1. The lowest BCUT2D eigenvalue weighted by molar-refractivity contribution is -0.145. The van der Waals surface area contributed by atoms with Crippen molar-refractivity contribution in [1.82, 2.24) is 0 Å². The molecule has 0 bridgehead atoms. The predicted octanol–water partition coefficient (Wildman–Crippen LogP) is 1.81. The molecule has 1 heterocycles. The van der Waals surface area contributed by atoms with Gasteiger partial charge in [0.25, 0.3) is 5.78 Å². The Hall–Kier alpha value is -1.61. The van der Waals surface area contributed by atoms with Gasteiger partial charge in [0, 0.05) is 5.02 Å². The van der Waals surface area contributed by atoms with Crippen molar-refractivity contribution in [3.05, 3.63) is 41.1 Å². The zero-order valence-corrected chi connectivity index (χ0v) is 7.75. The van der Waals surface area contributed by atoms with E-state index in [0.717, 1.165) is 6.26 Å². The SMILES string of the molecule is O=C1OC=C(c2ccc(Cl)cc2)C1=O. The predicted molar refractivity (Wildman–Crippen MR) is 50.5 cm³/mol. The summed E-state index contributed by atoms with van der Waals surface area (Å²) in [5.74, 6) is -1.46. The first kappa shape index (κ1) is 8.97. The minimum atomic E-state index is -0.838. The number of ketones is 1. The zero-order valence-electron chi connectivity index (χ0n) is 6.99. The minimum Gasteiger partial charge on any atom is -0.428 e. The van der Waals surface area contributed by atoms with E-state index in [9.17, 15) is 9.59 Å². The summed E-state index contributed by atoms with van der Waals surface area (Å²) in [5.41, 5.74) is 0.900. The quantitative estimate of drug-likeness (QED) is 0.522. The third kappa shape index (κ3) is 1.42. The zero-order chi connectivity index (χ0) is 10.1. The summed E-state index contributed by atoms with van der Waals surface area (Å²) in [4.78, 5) is 22.0. The highest BCUT2D eigenvalue weighted by atomic mass is 35.5. The van der Waals surface area contributed by atoms with Crippen LogP contribution in [0.1, 0.15) is 5.56 Å². The fraction of sp³-hybridized carbons (Fsp3) is 0. The van der Waals surface area contributed by atoms with E-state index in [1.807, 2.05) is 0 Å². The molecule has 0 aromatic heterocycles. The summed E-state index contributed by atoms with van der Waals surface area (Å²) in [6.45, 7) is 0. The van der Waals surface area contributed by atoms with E-state index in [1.165, 1.54) is 0 Å². The molecule has 0 atom stereocenters. The van der Waals surface area contributed by atoms with Crippen LogP contribution in [0.5, 0.6) is 0 Å². The van der Waals surface area contributed by atoms with Crippen molar-refractivity contribution in [3.63, 3.8) is 0 Å². The molecule has 4 heteroatoms. The van der Waals surface area contributed by atoms with E-state index in [-0.39, 0.29) is 5.57 Å². The maximum absolute atomic E-state index is 11.2. The van der Waals surface area contributed by atoms with Crippen LogP contribution in [0.4, 0.5) is 0 Å². The monoisotopic (exact) mass is 208 g/mol. The second kappa shape index (κ2) is 3.27. The van der Waals surface area contributed by atoms with Gasteiger partial charge in [-0.2, -0.15) is 0 Å². The number of halogens is 1. The first-order chi connectivity index (χ1) is 6.68. The molecule has 0 N–H and O–H groups in total. The maximum Gasteiger partial charge on any atom is 0.384 e. The summed E-state index contributed by atoms with van der Waals surface area (Å²) in [6, 6.07) is 6.61. The molecule has 1 aromatic carbocycles. The highest BCUT2D eigenvalue weighted by Gasteiger charge is 2.27. The van der Waals surface area contributed by atoms with Crippen LogP contribution in [-0.2, 0) is 14.3 Å². The second-order valence-electron chi connectivity index (χ2n) is 2.77. The van der Waals surface area contributed by atoms with Gasteiger partial charge in [-0.05, 0) is 17.7 Å². The van der Waals surface area contributed by atoms with Gasteiger partial charge >= 0.3 is 5.97 Å². The molecule has 1 aliphatic heterocycles. The van der Waals surface area contributed by atoms with Gasteiger partial charge in [0.2, 0.25) is 0 Å². The van der Waals surface area contributed by atoms with Crippen molar-refractivity contribution < 1.29 is 14.3 Å². The number of benzene rings is 1. The van der Waals surface area contributed by atoms with Crippen molar-refractivity contribution in [2.75, 3.05) is 0 Å². The van der Waals surface area contributed by atoms with Crippen molar-refractivity contribution in [2.24, 2.45) is 0 Å². The topological polar surface area (TPSA) is 43.4 Å². The van der Waals surface area contributed by atoms with E-state index in [0.29, 0.717) is 10.6 Å². The molecule has 0 amide bonds. The molecule has 70 valence electrons. The van der Waals surface area contributed by atoms with Crippen molar-refractivity contribution in [1.29, 1.82) is 0 Å². The number of carbonyl (C=O) groups is 2. The number of cyclic esters (lactones) is 1. The van der Waals surface area contributed by atoms with Crippen molar-refractivity contribution >= 4 is 28.9 Å². The van der Waals surface area contributed by atoms with Crippen LogP contribution in [0.25, 0.3) is 5.57 Å². The van der Waals surface area contributed by atoms with E-state index in [4.69, 9.17) is 11.6 Å². The summed E-state index contributed by atoms with van der Waals surface area (Å²) in [7, 11) is 0. The lowest BCUT2D eigenvalue weighted by atomic mass is 10.0. The van der Waals surface area contributed by atoms with Crippen molar-refractivity contribution in [3.8, 4) is 0 Å². The molecule has 0 saturated heterocycles. The molecule has 0 fully saturated rings. The Bertz CT molecular complexity index is 431. The third-order valence-corrected chi connectivity index (χ3v) is 2.12. The normalized spacial score (nSPS) is 15.4. The summed E-state index contributed by atoms with van der Waals surface area (Å²) in [5, 5.41) is 0.576. The lowest BCUT2D eigenvalue weighted by Crippen LogP contribution is -2.08. The average Bonchev–Trinajstić information content (AvgIpc) is 2.50. The number of Topliss-reactive ketones (excluding diaryl/α,β-unsaturated/α-hetero) is 1. The molecule has 1 aliphatic rings. The minimum absolute atomic E-state index is 0.270. The summed E-state index contributed by atoms with van der Waals surface area (Å²) in [6.07, 6.45) is 1.16. The first-order valence-corrected chi connectivity index (χ1v) is 4.28. The number of esters is 1. The smallest absolute Gasteiger partial charge is 0.384 e. The first-order valence-electron chi connectivity index (χ1n) is 3.90. The van der Waals surface area contributed by atoms with Crippen LogP contribution in [0, 0.1) is 0 Å². The van der Waals surface area contributed by atoms with Crippen LogP contribution in [0.15, 0.2) is 30.5 Å². The molecule has 0 spiro atoms. The Morgan fingerprint density at radius 2 is 1.71 bits per heavy atom. The average molecular weight is 209 g/mol. The molecule has 2 rings (SSSR count). The highest BCUT2D eigenvalue weighted by Crippen LogP contribution is 2.22. The molecule has 0 saturated carbocycles. The van der Waals surface area contributed by atoms with Crippen LogP contribution >= 0.6 is 11.6 Å².